The zero-order valence-corrected chi connectivity index (χ0v) is 15.5. The summed E-state index contributed by atoms with van der Waals surface area (Å²) >= 11 is 0. The number of hydrogen-bond donors (Lipinski definition) is 3. The molecule has 3 aromatic rings. The van der Waals surface area contributed by atoms with Gasteiger partial charge in [-0.15, -0.1) is 0 Å². The summed E-state index contributed by atoms with van der Waals surface area (Å²) in [6, 6.07) is 20.5. The fourth-order valence-corrected chi connectivity index (χ4v) is 2.63. The standard InChI is InChI=1S/C22H23N3O2/c1-3-15(2)23-21(26)17-9-11-18(12-10-17)24-22(27)20-14-13-19(25-20)16-7-5-4-6-8-16/h4-15,25H,3H2,1-2H3,(H,23,26)(H,24,27). The maximum absolute atomic E-state index is 12.4. The van der Waals surface area contributed by atoms with Crippen LogP contribution in [0, 0.1) is 0 Å². The van der Waals surface area contributed by atoms with E-state index >= 15 is 0 Å². The molecule has 0 aliphatic carbocycles. The second-order valence-corrected chi connectivity index (χ2v) is 6.47. The van der Waals surface area contributed by atoms with Crippen molar-refractivity contribution in [2.75, 3.05) is 5.32 Å². The Morgan fingerprint density at radius 3 is 2.30 bits per heavy atom. The Labute approximate surface area is 158 Å². The molecule has 0 spiro atoms. The highest BCUT2D eigenvalue weighted by molar-refractivity contribution is 6.03. The molecule has 0 radical (unpaired) electrons. The highest BCUT2D eigenvalue weighted by atomic mass is 16.2. The van der Waals surface area contributed by atoms with E-state index in [1.165, 1.54) is 0 Å². The number of rotatable bonds is 6. The first kappa shape index (κ1) is 18.5. The Balaban J connectivity index is 1.64. The minimum absolute atomic E-state index is 0.112. The third-order valence-electron chi connectivity index (χ3n) is 4.41. The van der Waals surface area contributed by atoms with Gasteiger partial charge in [0.15, 0.2) is 0 Å². The number of aromatic amines is 1. The number of H-pyrrole nitrogens is 1. The van der Waals surface area contributed by atoms with Gasteiger partial charge in [0.05, 0.1) is 0 Å². The molecule has 27 heavy (non-hydrogen) atoms. The Bertz CT molecular complexity index is 914. The average Bonchev–Trinajstić information content (AvgIpc) is 3.19. The molecule has 0 fully saturated rings. The maximum atomic E-state index is 12.4. The molecular weight excluding hydrogens is 338 g/mol. The van der Waals surface area contributed by atoms with Gasteiger partial charge in [0, 0.05) is 23.0 Å². The van der Waals surface area contributed by atoms with E-state index < -0.39 is 0 Å². The molecule has 138 valence electrons. The van der Waals surface area contributed by atoms with Gasteiger partial charge in [-0.05, 0) is 55.3 Å². The fourth-order valence-electron chi connectivity index (χ4n) is 2.63. The van der Waals surface area contributed by atoms with Crippen molar-refractivity contribution in [2.45, 2.75) is 26.3 Å². The fraction of sp³-hybridized carbons (Fsp3) is 0.182. The van der Waals surface area contributed by atoms with Gasteiger partial charge in [-0.25, -0.2) is 0 Å². The summed E-state index contributed by atoms with van der Waals surface area (Å²) in [5.41, 5.74) is 3.59. The van der Waals surface area contributed by atoms with Crippen LogP contribution < -0.4 is 10.6 Å². The van der Waals surface area contributed by atoms with E-state index in [2.05, 4.69) is 15.6 Å². The predicted molar refractivity (Wildman–Crippen MR) is 108 cm³/mol. The van der Waals surface area contributed by atoms with E-state index in [-0.39, 0.29) is 17.9 Å². The van der Waals surface area contributed by atoms with Crippen LogP contribution in [-0.2, 0) is 0 Å². The number of hydrogen-bond acceptors (Lipinski definition) is 2. The first-order valence-corrected chi connectivity index (χ1v) is 9.03. The number of amides is 2. The second kappa shape index (κ2) is 8.36. The van der Waals surface area contributed by atoms with E-state index in [4.69, 9.17) is 0 Å². The van der Waals surface area contributed by atoms with Crippen LogP contribution in [-0.4, -0.2) is 22.8 Å². The van der Waals surface area contributed by atoms with Gasteiger partial charge >= 0.3 is 0 Å². The van der Waals surface area contributed by atoms with E-state index in [0.29, 0.717) is 16.9 Å². The summed E-state index contributed by atoms with van der Waals surface area (Å²) in [5, 5.41) is 5.76. The molecule has 1 atom stereocenters. The van der Waals surface area contributed by atoms with Crippen molar-refractivity contribution in [2.24, 2.45) is 0 Å². The zero-order valence-electron chi connectivity index (χ0n) is 15.5. The van der Waals surface area contributed by atoms with E-state index in [1.54, 1.807) is 30.3 Å². The van der Waals surface area contributed by atoms with E-state index in [9.17, 15) is 9.59 Å². The van der Waals surface area contributed by atoms with Crippen LogP contribution in [0.5, 0.6) is 0 Å². The van der Waals surface area contributed by atoms with Crippen molar-refractivity contribution >= 4 is 17.5 Å². The number of carbonyl (C=O) groups is 2. The van der Waals surface area contributed by atoms with Gasteiger partial charge in [-0.1, -0.05) is 37.3 Å². The lowest BCUT2D eigenvalue weighted by Gasteiger charge is -2.11. The molecule has 5 nitrogen and oxygen atoms in total. The number of nitrogens with one attached hydrogen (secondary N) is 3. The minimum atomic E-state index is -0.228. The van der Waals surface area contributed by atoms with Crippen LogP contribution in [0.3, 0.4) is 0 Å². The van der Waals surface area contributed by atoms with E-state index in [0.717, 1.165) is 17.7 Å². The zero-order chi connectivity index (χ0) is 19.2. The summed E-state index contributed by atoms with van der Waals surface area (Å²) < 4.78 is 0. The second-order valence-electron chi connectivity index (χ2n) is 6.47. The maximum Gasteiger partial charge on any atom is 0.272 e. The quantitative estimate of drug-likeness (QED) is 0.606. The number of benzene rings is 2. The van der Waals surface area contributed by atoms with Crippen LogP contribution in [0.2, 0.25) is 0 Å². The molecule has 2 aromatic carbocycles. The van der Waals surface area contributed by atoms with Crippen LogP contribution in [0.15, 0.2) is 66.7 Å². The van der Waals surface area contributed by atoms with Gasteiger partial charge in [-0.2, -0.15) is 0 Å². The molecule has 3 N–H and O–H groups in total. The van der Waals surface area contributed by atoms with Crippen molar-refractivity contribution in [3.63, 3.8) is 0 Å². The lowest BCUT2D eigenvalue weighted by atomic mass is 10.1. The Kier molecular flexibility index (Phi) is 5.71. The summed E-state index contributed by atoms with van der Waals surface area (Å²) in [5.74, 6) is -0.340. The van der Waals surface area contributed by atoms with Gasteiger partial charge in [0.2, 0.25) is 0 Å². The summed E-state index contributed by atoms with van der Waals surface area (Å²) in [7, 11) is 0. The molecule has 0 aliphatic heterocycles. The normalized spacial score (nSPS) is 11.6. The SMILES string of the molecule is CCC(C)NC(=O)c1ccc(NC(=O)c2ccc(-c3ccccc3)[nH]2)cc1. The molecule has 0 bridgehead atoms. The van der Waals surface area contributed by atoms with Crippen molar-refractivity contribution in [3.05, 3.63) is 78.0 Å². The average molecular weight is 361 g/mol. The van der Waals surface area contributed by atoms with Gasteiger partial charge in [-0.3, -0.25) is 9.59 Å². The van der Waals surface area contributed by atoms with Crippen molar-refractivity contribution in [3.8, 4) is 11.3 Å². The Morgan fingerprint density at radius 2 is 1.63 bits per heavy atom. The van der Waals surface area contributed by atoms with Crippen LogP contribution in [0.4, 0.5) is 5.69 Å². The third-order valence-corrected chi connectivity index (χ3v) is 4.41. The van der Waals surface area contributed by atoms with Crippen molar-refractivity contribution < 1.29 is 9.59 Å². The summed E-state index contributed by atoms with van der Waals surface area (Å²) in [4.78, 5) is 27.7. The highest BCUT2D eigenvalue weighted by Gasteiger charge is 2.11. The summed E-state index contributed by atoms with van der Waals surface area (Å²) in [6.07, 6.45) is 0.876. The van der Waals surface area contributed by atoms with Crippen LogP contribution >= 0.6 is 0 Å². The number of aromatic nitrogens is 1. The highest BCUT2D eigenvalue weighted by Crippen LogP contribution is 2.19. The molecule has 1 unspecified atom stereocenters. The largest absolute Gasteiger partial charge is 0.351 e. The first-order valence-electron chi connectivity index (χ1n) is 9.03. The monoisotopic (exact) mass is 361 g/mol. The van der Waals surface area contributed by atoms with Crippen molar-refractivity contribution in [1.82, 2.24) is 10.3 Å². The molecular formula is C22H23N3O2. The minimum Gasteiger partial charge on any atom is -0.351 e. The predicted octanol–water partition coefficient (Wildman–Crippen LogP) is 4.46. The molecule has 1 heterocycles. The van der Waals surface area contributed by atoms with Crippen LogP contribution in [0.25, 0.3) is 11.3 Å². The number of anilines is 1. The molecule has 0 aliphatic rings. The molecule has 2 amide bonds. The lowest BCUT2D eigenvalue weighted by molar-refractivity contribution is 0.0938. The molecule has 0 saturated heterocycles. The molecule has 5 heteroatoms. The topological polar surface area (TPSA) is 74.0 Å². The Morgan fingerprint density at radius 1 is 0.926 bits per heavy atom. The van der Waals surface area contributed by atoms with E-state index in [1.807, 2.05) is 50.2 Å². The van der Waals surface area contributed by atoms with Gasteiger partial charge in [0.25, 0.3) is 11.8 Å². The first-order chi connectivity index (χ1) is 13.1. The Hall–Kier alpha value is -3.34. The third kappa shape index (κ3) is 4.64. The molecule has 0 saturated carbocycles. The van der Waals surface area contributed by atoms with Crippen molar-refractivity contribution in [1.29, 1.82) is 0 Å². The summed E-state index contributed by atoms with van der Waals surface area (Å²) in [6.45, 7) is 3.99. The van der Waals surface area contributed by atoms with Gasteiger partial charge in [0.1, 0.15) is 5.69 Å². The molecule has 3 rings (SSSR count). The molecule has 1 aromatic heterocycles. The lowest BCUT2D eigenvalue weighted by Crippen LogP contribution is -2.31. The van der Waals surface area contributed by atoms with Gasteiger partial charge < -0.3 is 15.6 Å². The smallest absolute Gasteiger partial charge is 0.272 e. The number of carbonyl (C=O) groups excluding carboxylic acids is 2. The van der Waals surface area contributed by atoms with Crippen LogP contribution in [0.1, 0.15) is 41.1 Å².